The Hall–Kier alpha value is -2.61. The van der Waals surface area contributed by atoms with Gasteiger partial charge in [-0.3, -0.25) is 14.4 Å². The van der Waals surface area contributed by atoms with Gasteiger partial charge in [0.05, 0.1) is 18.7 Å². The number of carbonyl (C=O) groups is 3. The molecule has 0 aromatic heterocycles. The maximum Gasteiger partial charge on any atom is 0.243 e. The van der Waals surface area contributed by atoms with Crippen LogP contribution in [0.2, 0.25) is 0 Å². The summed E-state index contributed by atoms with van der Waals surface area (Å²) in [6.45, 7) is 4.81. The minimum absolute atomic E-state index is 0.107. The number of amides is 3. The molecule has 1 aliphatic rings. The molecule has 0 spiro atoms. The summed E-state index contributed by atoms with van der Waals surface area (Å²) in [5.41, 5.74) is 6.95. The molecule has 1 aliphatic carbocycles. The summed E-state index contributed by atoms with van der Waals surface area (Å²) < 4.78 is 0. The van der Waals surface area contributed by atoms with Gasteiger partial charge in [0, 0.05) is 6.42 Å². The second kappa shape index (κ2) is 19.8. The zero-order valence-electron chi connectivity index (χ0n) is 27.0. The molecular formula is C33H56N4O8. The summed E-state index contributed by atoms with van der Waals surface area (Å²) in [4.78, 5) is 40.3. The second-order valence-corrected chi connectivity index (χ2v) is 12.6. The van der Waals surface area contributed by atoms with Crippen molar-refractivity contribution in [2.24, 2.45) is 17.6 Å². The second-order valence-electron chi connectivity index (χ2n) is 12.6. The quantitative estimate of drug-likeness (QED) is 0.102. The zero-order chi connectivity index (χ0) is 33.5. The van der Waals surface area contributed by atoms with Gasteiger partial charge in [-0.1, -0.05) is 96.0 Å². The molecule has 1 aromatic carbocycles. The molecule has 2 rings (SSSR count). The van der Waals surface area contributed by atoms with E-state index >= 15 is 0 Å². The average Bonchev–Trinajstić information content (AvgIpc) is 3.05. The highest BCUT2D eigenvalue weighted by atomic mass is 16.4. The van der Waals surface area contributed by atoms with E-state index in [0.717, 1.165) is 37.7 Å². The molecule has 0 aliphatic heterocycles. The first-order chi connectivity index (χ1) is 21.4. The van der Waals surface area contributed by atoms with Crippen LogP contribution >= 0.6 is 0 Å². The highest BCUT2D eigenvalue weighted by Gasteiger charge is 2.38. The van der Waals surface area contributed by atoms with Crippen molar-refractivity contribution in [2.45, 2.75) is 134 Å². The van der Waals surface area contributed by atoms with E-state index in [0.29, 0.717) is 19.3 Å². The van der Waals surface area contributed by atoms with Crippen molar-refractivity contribution in [3.63, 3.8) is 0 Å². The van der Waals surface area contributed by atoms with Gasteiger partial charge in [0.2, 0.25) is 17.7 Å². The Morgan fingerprint density at radius 1 is 0.844 bits per heavy atom. The van der Waals surface area contributed by atoms with Gasteiger partial charge in [-0.15, -0.1) is 0 Å². The van der Waals surface area contributed by atoms with Crippen LogP contribution in [0.4, 0.5) is 0 Å². The summed E-state index contributed by atoms with van der Waals surface area (Å²) >= 11 is 0. The molecule has 0 radical (unpaired) electrons. The number of hydrogen-bond acceptors (Lipinski definition) is 9. The summed E-state index contributed by atoms with van der Waals surface area (Å²) in [5.74, 6) is -1.57. The molecule has 45 heavy (non-hydrogen) atoms. The van der Waals surface area contributed by atoms with E-state index in [1.807, 2.05) is 51.1 Å². The first kappa shape index (κ1) is 38.6. The highest BCUT2D eigenvalue weighted by Crippen LogP contribution is 2.29. The van der Waals surface area contributed by atoms with Crippen molar-refractivity contribution in [2.75, 3.05) is 6.61 Å². The Kier molecular flexibility index (Phi) is 17.0. The Balaban J connectivity index is 2.26. The number of carbonyl (C=O) groups excluding carboxylic acids is 3. The molecule has 0 heterocycles. The maximum absolute atomic E-state index is 13.7. The van der Waals surface area contributed by atoms with Gasteiger partial charge in [0.25, 0.3) is 0 Å². The number of aliphatic hydroxyl groups excluding tert-OH is 5. The fourth-order valence-corrected chi connectivity index (χ4v) is 5.79. The lowest BCUT2D eigenvalue weighted by Gasteiger charge is -2.35. The molecule has 3 amide bonds. The van der Waals surface area contributed by atoms with Crippen LogP contribution in [-0.2, 0) is 20.8 Å². The summed E-state index contributed by atoms with van der Waals surface area (Å²) in [7, 11) is 0. The Bertz CT molecular complexity index is 1030. The number of nitrogens with one attached hydrogen (secondary N) is 3. The standard InChI is InChI=1S/C33H56N4O8/c1-4-12-23(35-32(44)25(18-22-15-10-7-11-16-22)37-33(45)27(34)20(3)5-2)31(43)36-24(17-21-13-8-6-9-14-21)28(40)30(42)29(41)26(39)19-38/h7,10-11,15-16,20-21,23-30,38-42H,4-6,8-9,12-14,17-19,34H2,1-3H3,(H,35,44)(H,36,43)(H,37,45)/t20-,23-,24-,25-,26+,27-,28+,29+,30+/m0/s1. The van der Waals surface area contributed by atoms with E-state index < -0.39 is 72.9 Å². The van der Waals surface area contributed by atoms with Gasteiger partial charge in [-0.2, -0.15) is 0 Å². The Morgan fingerprint density at radius 3 is 2.02 bits per heavy atom. The molecule has 1 aromatic rings. The Labute approximate surface area is 267 Å². The largest absolute Gasteiger partial charge is 0.394 e. The van der Waals surface area contributed by atoms with Crippen LogP contribution in [0, 0.1) is 11.8 Å². The summed E-state index contributed by atoms with van der Waals surface area (Å²) in [5, 5.41) is 59.4. The van der Waals surface area contributed by atoms with Crippen LogP contribution in [-0.4, -0.2) is 98.4 Å². The molecular weight excluding hydrogens is 580 g/mol. The van der Waals surface area contributed by atoms with Crippen molar-refractivity contribution in [3.8, 4) is 0 Å². The molecule has 1 fully saturated rings. The fraction of sp³-hybridized carbons (Fsp3) is 0.727. The number of rotatable bonds is 19. The van der Waals surface area contributed by atoms with E-state index in [9.17, 15) is 39.9 Å². The van der Waals surface area contributed by atoms with Crippen molar-refractivity contribution in [3.05, 3.63) is 35.9 Å². The van der Waals surface area contributed by atoms with E-state index in [-0.39, 0.29) is 24.7 Å². The molecule has 1 saturated carbocycles. The van der Waals surface area contributed by atoms with Gasteiger partial charge in [-0.05, 0) is 30.2 Å². The molecule has 0 bridgehead atoms. The maximum atomic E-state index is 13.7. The predicted octanol–water partition coefficient (Wildman–Crippen LogP) is 0.263. The van der Waals surface area contributed by atoms with Crippen molar-refractivity contribution >= 4 is 17.7 Å². The molecule has 256 valence electrons. The monoisotopic (exact) mass is 636 g/mol. The number of aliphatic hydroxyl groups is 5. The minimum atomic E-state index is -1.85. The topological polar surface area (TPSA) is 214 Å². The van der Waals surface area contributed by atoms with Crippen molar-refractivity contribution in [1.82, 2.24) is 16.0 Å². The third-order valence-electron chi connectivity index (χ3n) is 9.02. The molecule has 10 N–H and O–H groups in total. The van der Waals surface area contributed by atoms with Gasteiger partial charge in [-0.25, -0.2) is 0 Å². The van der Waals surface area contributed by atoms with Crippen LogP contribution in [0.5, 0.6) is 0 Å². The number of nitrogens with two attached hydrogens (primary N) is 1. The molecule has 9 atom stereocenters. The highest BCUT2D eigenvalue weighted by molar-refractivity contribution is 5.93. The van der Waals surface area contributed by atoms with E-state index in [1.54, 1.807) is 0 Å². The molecule has 0 saturated heterocycles. The van der Waals surface area contributed by atoms with Crippen LogP contribution < -0.4 is 21.7 Å². The van der Waals surface area contributed by atoms with Gasteiger partial charge in [0.1, 0.15) is 36.5 Å². The van der Waals surface area contributed by atoms with Crippen molar-refractivity contribution < 1.29 is 39.9 Å². The summed E-state index contributed by atoms with van der Waals surface area (Å²) in [6, 6.07) is 5.32. The summed E-state index contributed by atoms with van der Waals surface area (Å²) in [6.07, 6.45) is -0.206. The molecule has 12 heteroatoms. The fourth-order valence-electron chi connectivity index (χ4n) is 5.79. The predicted molar refractivity (Wildman–Crippen MR) is 171 cm³/mol. The van der Waals surface area contributed by atoms with E-state index in [2.05, 4.69) is 16.0 Å². The van der Waals surface area contributed by atoms with Gasteiger partial charge < -0.3 is 47.2 Å². The zero-order valence-corrected chi connectivity index (χ0v) is 27.0. The lowest BCUT2D eigenvalue weighted by atomic mass is 9.82. The third kappa shape index (κ3) is 12.3. The van der Waals surface area contributed by atoms with Crippen LogP contribution in [0.1, 0.15) is 84.1 Å². The van der Waals surface area contributed by atoms with E-state index in [4.69, 9.17) is 5.73 Å². The van der Waals surface area contributed by atoms with Gasteiger partial charge >= 0.3 is 0 Å². The first-order valence-electron chi connectivity index (χ1n) is 16.5. The smallest absolute Gasteiger partial charge is 0.243 e. The third-order valence-corrected chi connectivity index (χ3v) is 9.02. The minimum Gasteiger partial charge on any atom is -0.394 e. The number of benzene rings is 1. The molecule has 0 unspecified atom stereocenters. The number of hydrogen-bond donors (Lipinski definition) is 9. The lowest BCUT2D eigenvalue weighted by Crippen LogP contribution is -2.60. The average molecular weight is 637 g/mol. The SMILES string of the molecule is CCC[C@H](NC(=O)[C@H](Cc1ccccc1)NC(=O)[C@@H](N)[C@@H](C)CC)C(=O)N[C@@H](CC1CCCCC1)[C@@H](O)[C@@H](O)[C@H](O)[C@H](O)CO. The van der Waals surface area contributed by atoms with Gasteiger partial charge in [0.15, 0.2) is 0 Å². The first-order valence-corrected chi connectivity index (χ1v) is 16.5. The normalized spacial score (nSPS) is 20.0. The van der Waals surface area contributed by atoms with Crippen LogP contribution in [0.15, 0.2) is 30.3 Å². The van der Waals surface area contributed by atoms with Crippen molar-refractivity contribution in [1.29, 1.82) is 0 Å². The van der Waals surface area contributed by atoms with Crippen LogP contribution in [0.3, 0.4) is 0 Å². The molecule has 12 nitrogen and oxygen atoms in total. The van der Waals surface area contributed by atoms with Crippen LogP contribution in [0.25, 0.3) is 0 Å². The lowest BCUT2D eigenvalue weighted by molar-refractivity contribution is -0.136. The van der Waals surface area contributed by atoms with E-state index in [1.165, 1.54) is 0 Å². The Morgan fingerprint density at radius 2 is 1.44 bits per heavy atom.